The number of piperidine rings is 1. The van der Waals surface area contributed by atoms with E-state index in [-0.39, 0.29) is 47.2 Å². The smallest absolute Gasteiger partial charge is 0.304 e. The third-order valence-electron chi connectivity index (χ3n) is 7.43. The lowest BCUT2D eigenvalue weighted by Gasteiger charge is -2.40. The quantitative estimate of drug-likeness (QED) is 0.399. The van der Waals surface area contributed by atoms with E-state index in [2.05, 4.69) is 20.8 Å². The van der Waals surface area contributed by atoms with Crippen LogP contribution in [-0.2, 0) is 20.2 Å². The highest BCUT2D eigenvalue weighted by Gasteiger charge is 2.41. The Kier molecular flexibility index (Phi) is 9.03. The maximum Gasteiger partial charge on any atom is 0.304 e. The maximum absolute atomic E-state index is 13.5. The van der Waals surface area contributed by atoms with Crippen LogP contribution in [0.2, 0.25) is 5.02 Å². The summed E-state index contributed by atoms with van der Waals surface area (Å²) in [6, 6.07) is 10.6. The van der Waals surface area contributed by atoms with Crippen LogP contribution in [0, 0.1) is 5.41 Å². The first-order valence-corrected chi connectivity index (χ1v) is 14.1. The predicted octanol–water partition coefficient (Wildman–Crippen LogP) is 5.37. The highest BCUT2D eigenvalue weighted by atomic mass is 35.5. The van der Waals surface area contributed by atoms with Crippen LogP contribution in [0.3, 0.4) is 0 Å². The molecule has 2 aromatic carbocycles. The lowest BCUT2D eigenvalue weighted by atomic mass is 9.77. The first-order valence-electron chi connectivity index (χ1n) is 12.2. The summed E-state index contributed by atoms with van der Waals surface area (Å²) in [6.45, 7) is 6.99. The van der Waals surface area contributed by atoms with Crippen LogP contribution in [0.25, 0.3) is 0 Å². The van der Waals surface area contributed by atoms with E-state index in [1.54, 1.807) is 0 Å². The molecule has 1 saturated heterocycles. The zero-order chi connectivity index (χ0) is 27.4. The van der Waals surface area contributed by atoms with Gasteiger partial charge in [-0.2, -0.15) is 4.31 Å². The van der Waals surface area contributed by atoms with Gasteiger partial charge in [0.25, 0.3) is 0 Å². The van der Waals surface area contributed by atoms with Gasteiger partial charge < -0.3 is 19.3 Å². The summed E-state index contributed by atoms with van der Waals surface area (Å²) in [5.74, 6) is 0.151. The van der Waals surface area contributed by atoms with Gasteiger partial charge in [-0.1, -0.05) is 44.5 Å². The minimum absolute atomic E-state index is 0.0537. The minimum Gasteiger partial charge on any atom is -0.495 e. The molecule has 1 aliphatic heterocycles. The first kappa shape index (κ1) is 29.1. The summed E-state index contributed by atoms with van der Waals surface area (Å²) in [7, 11) is -1.13. The van der Waals surface area contributed by atoms with Gasteiger partial charge in [0.1, 0.15) is 22.1 Å². The van der Waals surface area contributed by atoms with Crippen molar-refractivity contribution in [2.75, 3.05) is 33.9 Å². The molecule has 0 aliphatic carbocycles. The van der Waals surface area contributed by atoms with Crippen molar-refractivity contribution in [3.8, 4) is 17.2 Å². The number of halogens is 1. The van der Waals surface area contributed by atoms with Crippen molar-refractivity contribution in [2.24, 2.45) is 5.41 Å². The molecule has 0 spiro atoms. The molecule has 1 aliphatic rings. The van der Waals surface area contributed by atoms with Crippen molar-refractivity contribution in [3.05, 3.63) is 47.0 Å². The molecule has 37 heavy (non-hydrogen) atoms. The van der Waals surface area contributed by atoms with E-state index in [0.717, 1.165) is 6.42 Å². The number of carboxylic acids is 1. The van der Waals surface area contributed by atoms with Crippen LogP contribution >= 0.6 is 11.6 Å². The normalized spacial score (nSPS) is 16.3. The Morgan fingerprint density at radius 3 is 2.19 bits per heavy atom. The largest absolute Gasteiger partial charge is 0.495 e. The average Bonchev–Trinajstić information content (AvgIpc) is 2.87. The minimum atomic E-state index is -3.94. The summed E-state index contributed by atoms with van der Waals surface area (Å²) in [5, 5.41) is 9.76. The number of ether oxygens (including phenoxy) is 3. The van der Waals surface area contributed by atoms with E-state index in [9.17, 15) is 18.3 Å². The standard InChI is InChI=1S/C27H36ClNO7S/c1-6-26(2,3)19-7-9-20(10-8-19)36-18-27(17-25(30)31)11-13-29(14-12-27)37(32,33)24-15-21(28)22(34-4)16-23(24)35-5/h7-10,15-16H,6,11-14,17-18H2,1-5H3,(H,30,31). The number of rotatable bonds is 11. The van der Waals surface area contributed by atoms with Crippen LogP contribution in [0.1, 0.15) is 52.0 Å². The van der Waals surface area contributed by atoms with Crippen LogP contribution in [-0.4, -0.2) is 57.7 Å². The Morgan fingerprint density at radius 2 is 1.68 bits per heavy atom. The van der Waals surface area contributed by atoms with Gasteiger partial charge in [-0.15, -0.1) is 0 Å². The number of hydrogen-bond acceptors (Lipinski definition) is 6. The summed E-state index contributed by atoms with van der Waals surface area (Å²) in [6.07, 6.45) is 1.57. The number of hydrogen-bond donors (Lipinski definition) is 1. The SMILES string of the molecule is CCC(C)(C)c1ccc(OCC2(CC(=O)O)CCN(S(=O)(=O)c3cc(Cl)c(OC)cc3OC)CC2)cc1. The van der Waals surface area contributed by atoms with E-state index in [0.29, 0.717) is 24.3 Å². The van der Waals surface area contributed by atoms with Crippen LogP contribution < -0.4 is 14.2 Å². The third-order valence-corrected chi connectivity index (χ3v) is 9.65. The molecular formula is C27H36ClNO7S. The van der Waals surface area contributed by atoms with Gasteiger partial charge in [0.2, 0.25) is 10.0 Å². The molecular weight excluding hydrogens is 518 g/mol. The van der Waals surface area contributed by atoms with Gasteiger partial charge in [-0.3, -0.25) is 4.79 Å². The zero-order valence-electron chi connectivity index (χ0n) is 22.0. The van der Waals surface area contributed by atoms with Crippen LogP contribution in [0.5, 0.6) is 17.2 Å². The molecule has 2 aromatic rings. The molecule has 1 fully saturated rings. The highest BCUT2D eigenvalue weighted by Crippen LogP contribution is 2.41. The van der Waals surface area contributed by atoms with Crippen molar-refractivity contribution in [3.63, 3.8) is 0 Å². The van der Waals surface area contributed by atoms with Crippen molar-refractivity contribution < 1.29 is 32.5 Å². The van der Waals surface area contributed by atoms with Crippen molar-refractivity contribution in [1.82, 2.24) is 4.31 Å². The number of methoxy groups -OCH3 is 2. The van der Waals surface area contributed by atoms with E-state index in [4.69, 9.17) is 25.8 Å². The molecule has 1 N–H and O–H groups in total. The van der Waals surface area contributed by atoms with Gasteiger partial charge in [0, 0.05) is 24.6 Å². The molecule has 0 saturated carbocycles. The maximum atomic E-state index is 13.5. The summed E-state index contributed by atoms with van der Waals surface area (Å²) in [4.78, 5) is 11.7. The lowest BCUT2D eigenvalue weighted by molar-refractivity contribution is -0.141. The number of aliphatic carboxylic acids is 1. The number of carboxylic acid groups (broad SMARTS) is 1. The van der Waals surface area contributed by atoms with Gasteiger partial charge in [0.05, 0.1) is 32.3 Å². The lowest BCUT2D eigenvalue weighted by Crippen LogP contribution is -2.46. The van der Waals surface area contributed by atoms with Gasteiger partial charge in [0.15, 0.2) is 0 Å². The molecule has 0 unspecified atom stereocenters. The second-order valence-electron chi connectivity index (χ2n) is 10.2. The van der Waals surface area contributed by atoms with Gasteiger partial charge >= 0.3 is 5.97 Å². The molecule has 0 radical (unpaired) electrons. The van der Waals surface area contributed by atoms with Crippen molar-refractivity contribution in [1.29, 1.82) is 0 Å². The van der Waals surface area contributed by atoms with E-state index < -0.39 is 21.4 Å². The van der Waals surface area contributed by atoms with Crippen LogP contribution in [0.15, 0.2) is 41.3 Å². The Hall–Kier alpha value is -2.49. The fraction of sp³-hybridized carbons (Fsp3) is 0.519. The fourth-order valence-electron chi connectivity index (χ4n) is 4.51. The number of carbonyl (C=O) groups is 1. The number of sulfonamides is 1. The summed E-state index contributed by atoms with van der Waals surface area (Å²) < 4.78 is 44.8. The highest BCUT2D eigenvalue weighted by molar-refractivity contribution is 7.89. The van der Waals surface area contributed by atoms with Gasteiger partial charge in [-0.25, -0.2) is 8.42 Å². The fourth-order valence-corrected chi connectivity index (χ4v) is 6.42. The Morgan fingerprint density at radius 1 is 1.08 bits per heavy atom. The molecule has 10 heteroatoms. The molecule has 1 heterocycles. The van der Waals surface area contributed by atoms with Gasteiger partial charge in [-0.05, 0) is 48.4 Å². The molecule has 8 nitrogen and oxygen atoms in total. The van der Waals surface area contributed by atoms with Crippen LogP contribution in [0.4, 0.5) is 0 Å². The van der Waals surface area contributed by atoms with Crippen molar-refractivity contribution in [2.45, 2.75) is 56.8 Å². The van der Waals surface area contributed by atoms with E-state index >= 15 is 0 Å². The molecule has 3 rings (SSSR count). The zero-order valence-corrected chi connectivity index (χ0v) is 23.6. The average molecular weight is 554 g/mol. The first-order chi connectivity index (χ1) is 17.4. The Balaban J connectivity index is 1.76. The Labute approximate surface area is 224 Å². The molecule has 204 valence electrons. The Bertz CT molecular complexity index is 1200. The molecule has 0 atom stereocenters. The number of benzene rings is 2. The molecule has 0 bridgehead atoms. The van der Waals surface area contributed by atoms with E-state index in [1.165, 1.54) is 36.2 Å². The molecule has 0 aromatic heterocycles. The van der Waals surface area contributed by atoms with E-state index in [1.807, 2.05) is 24.3 Å². The second kappa shape index (κ2) is 11.5. The number of nitrogens with zero attached hydrogens (tertiary/aromatic N) is 1. The topological polar surface area (TPSA) is 102 Å². The summed E-state index contributed by atoms with van der Waals surface area (Å²) >= 11 is 6.20. The summed E-state index contributed by atoms with van der Waals surface area (Å²) in [5.41, 5.74) is 0.564. The van der Waals surface area contributed by atoms with Crippen molar-refractivity contribution >= 4 is 27.6 Å². The third kappa shape index (κ3) is 6.51. The predicted molar refractivity (Wildman–Crippen MR) is 142 cm³/mol. The second-order valence-corrected chi connectivity index (χ2v) is 12.5. The monoisotopic (exact) mass is 553 g/mol. The molecule has 0 amide bonds.